The molecule has 2 rings (SSSR count). The van der Waals surface area contributed by atoms with Crippen molar-refractivity contribution >= 4 is 17.8 Å². The predicted octanol–water partition coefficient (Wildman–Crippen LogP) is 2.90. The van der Waals surface area contributed by atoms with Crippen molar-refractivity contribution in [3.8, 4) is 0 Å². The van der Waals surface area contributed by atoms with Crippen LogP contribution in [0.4, 0.5) is 18.9 Å². The molecule has 0 N–H and O–H groups in total. The van der Waals surface area contributed by atoms with E-state index in [9.17, 15) is 18.0 Å². The topological polar surface area (TPSA) is 32.7 Å². The maximum absolute atomic E-state index is 12.6. The number of aryl methyl sites for hydroxylation is 1. The molecule has 1 unspecified atom stereocenters. The number of carbonyl (C=O) groups excluding carboxylic acids is 1. The number of amides is 1. The van der Waals surface area contributed by atoms with Crippen LogP contribution >= 0.6 is 0 Å². The van der Waals surface area contributed by atoms with E-state index in [-0.39, 0.29) is 0 Å². The molecule has 0 fully saturated rings. The lowest BCUT2D eigenvalue weighted by molar-refractivity contribution is -0.180. The Hall–Kier alpha value is -1.85. The Morgan fingerprint density at radius 2 is 1.89 bits per heavy atom. The van der Waals surface area contributed by atoms with Crippen molar-refractivity contribution in [1.82, 2.24) is 0 Å². The van der Waals surface area contributed by atoms with Crippen LogP contribution in [0.5, 0.6) is 0 Å². The van der Waals surface area contributed by atoms with Crippen molar-refractivity contribution in [3.05, 3.63) is 29.8 Å². The van der Waals surface area contributed by atoms with Gasteiger partial charge in [0.1, 0.15) is 5.92 Å². The quantitative estimate of drug-likeness (QED) is 0.760. The van der Waals surface area contributed by atoms with Crippen molar-refractivity contribution in [2.24, 2.45) is 11.0 Å². The third-order valence-corrected chi connectivity index (χ3v) is 2.72. The molecule has 0 radical (unpaired) electrons. The van der Waals surface area contributed by atoms with E-state index >= 15 is 0 Å². The fourth-order valence-corrected chi connectivity index (χ4v) is 1.69. The van der Waals surface area contributed by atoms with Gasteiger partial charge in [-0.3, -0.25) is 4.79 Å². The third-order valence-electron chi connectivity index (χ3n) is 2.72. The summed E-state index contributed by atoms with van der Waals surface area (Å²) in [6.45, 7) is 1.85. The number of hydrogen-bond donors (Lipinski definition) is 0. The molecule has 1 aromatic rings. The van der Waals surface area contributed by atoms with Gasteiger partial charge in [0.2, 0.25) is 0 Å². The average molecular weight is 256 g/mol. The van der Waals surface area contributed by atoms with Crippen molar-refractivity contribution in [2.45, 2.75) is 19.5 Å². The summed E-state index contributed by atoms with van der Waals surface area (Å²) in [7, 11) is 0. The van der Waals surface area contributed by atoms with Crippen LogP contribution in [0.15, 0.2) is 29.4 Å². The minimum atomic E-state index is -4.54. The minimum Gasteiger partial charge on any atom is -0.272 e. The van der Waals surface area contributed by atoms with Crippen molar-refractivity contribution in [3.63, 3.8) is 0 Å². The first-order valence-electron chi connectivity index (χ1n) is 5.39. The molecule has 0 saturated heterocycles. The predicted molar refractivity (Wildman–Crippen MR) is 61.3 cm³/mol. The zero-order chi connectivity index (χ0) is 13.3. The highest BCUT2D eigenvalue weighted by molar-refractivity contribution is 5.99. The van der Waals surface area contributed by atoms with Crippen LogP contribution in [0, 0.1) is 12.8 Å². The van der Waals surface area contributed by atoms with Gasteiger partial charge in [-0.2, -0.15) is 18.3 Å². The third kappa shape index (κ3) is 2.37. The zero-order valence-corrected chi connectivity index (χ0v) is 9.61. The molecule has 0 saturated carbocycles. The summed E-state index contributed by atoms with van der Waals surface area (Å²) in [6.07, 6.45) is -3.81. The molecular weight excluding hydrogens is 245 g/mol. The van der Waals surface area contributed by atoms with Crippen molar-refractivity contribution in [1.29, 1.82) is 0 Å². The molecule has 1 aliphatic rings. The standard InChI is InChI=1S/C12H11F3N2O/c1-8-2-4-9(5-3-8)17-11(18)10(6-7-16-17)12(13,14)15/h2-5,7,10H,6H2,1H3. The van der Waals surface area contributed by atoms with E-state index in [0.29, 0.717) is 5.69 Å². The Morgan fingerprint density at radius 3 is 2.44 bits per heavy atom. The molecular formula is C12H11F3N2O. The first kappa shape index (κ1) is 12.6. The number of hydrogen-bond acceptors (Lipinski definition) is 2. The highest BCUT2D eigenvalue weighted by atomic mass is 19.4. The largest absolute Gasteiger partial charge is 0.400 e. The summed E-state index contributed by atoms with van der Waals surface area (Å²) >= 11 is 0. The normalized spacial score (nSPS) is 20.3. The van der Waals surface area contributed by atoms with Crippen LogP contribution in [0.3, 0.4) is 0 Å². The van der Waals surface area contributed by atoms with Gasteiger partial charge in [0.25, 0.3) is 5.91 Å². The van der Waals surface area contributed by atoms with E-state index in [1.807, 2.05) is 6.92 Å². The van der Waals surface area contributed by atoms with Gasteiger partial charge < -0.3 is 0 Å². The van der Waals surface area contributed by atoms with Crippen LogP contribution in [-0.4, -0.2) is 18.3 Å². The number of anilines is 1. The summed E-state index contributed by atoms with van der Waals surface area (Å²) in [6, 6.07) is 6.58. The molecule has 1 aromatic carbocycles. The number of carbonyl (C=O) groups is 1. The fraction of sp³-hybridized carbons (Fsp3) is 0.333. The van der Waals surface area contributed by atoms with Crippen LogP contribution in [0.25, 0.3) is 0 Å². The number of rotatable bonds is 1. The Bertz CT molecular complexity index is 479. The highest BCUT2D eigenvalue weighted by Gasteiger charge is 2.47. The summed E-state index contributed by atoms with van der Waals surface area (Å²) in [5, 5.41) is 4.54. The van der Waals surface area contributed by atoms with Gasteiger partial charge in [-0.15, -0.1) is 0 Å². The van der Waals surface area contributed by atoms with Gasteiger partial charge in [-0.05, 0) is 19.1 Å². The van der Waals surface area contributed by atoms with Gasteiger partial charge >= 0.3 is 6.18 Å². The summed E-state index contributed by atoms with van der Waals surface area (Å²) in [5.41, 5.74) is 1.30. The smallest absolute Gasteiger partial charge is 0.272 e. The monoisotopic (exact) mass is 256 g/mol. The van der Waals surface area contributed by atoms with Gasteiger partial charge in [0, 0.05) is 12.6 Å². The van der Waals surface area contributed by atoms with E-state index in [1.54, 1.807) is 24.3 Å². The molecule has 96 valence electrons. The maximum Gasteiger partial charge on any atom is 0.400 e. The molecule has 1 amide bonds. The molecule has 0 spiro atoms. The van der Waals surface area contributed by atoms with E-state index in [4.69, 9.17) is 0 Å². The highest BCUT2D eigenvalue weighted by Crippen LogP contribution is 2.33. The average Bonchev–Trinajstić information content (AvgIpc) is 2.29. The van der Waals surface area contributed by atoms with E-state index in [2.05, 4.69) is 5.10 Å². The molecule has 0 aliphatic carbocycles. The fourth-order valence-electron chi connectivity index (χ4n) is 1.69. The molecule has 6 heteroatoms. The molecule has 3 nitrogen and oxygen atoms in total. The molecule has 0 aromatic heterocycles. The Labute approximate surface area is 102 Å². The Balaban J connectivity index is 2.30. The summed E-state index contributed by atoms with van der Waals surface area (Å²) in [5.74, 6) is -3.04. The molecule has 1 aliphatic heterocycles. The first-order chi connectivity index (χ1) is 8.39. The SMILES string of the molecule is Cc1ccc(N2N=CCC(C(F)(F)F)C2=O)cc1. The number of halogens is 3. The molecule has 18 heavy (non-hydrogen) atoms. The molecule has 0 bridgehead atoms. The van der Waals surface area contributed by atoms with Gasteiger partial charge in [0.05, 0.1) is 5.69 Å². The van der Waals surface area contributed by atoms with Crippen molar-refractivity contribution in [2.75, 3.05) is 5.01 Å². The second-order valence-electron chi connectivity index (χ2n) is 4.11. The van der Waals surface area contributed by atoms with Gasteiger partial charge in [-0.25, -0.2) is 5.01 Å². The number of benzene rings is 1. The number of nitrogens with zero attached hydrogens (tertiary/aromatic N) is 2. The van der Waals surface area contributed by atoms with E-state index in [1.165, 1.54) is 0 Å². The van der Waals surface area contributed by atoms with E-state index in [0.717, 1.165) is 16.8 Å². The molecule has 1 atom stereocenters. The van der Waals surface area contributed by atoms with Crippen LogP contribution < -0.4 is 5.01 Å². The van der Waals surface area contributed by atoms with Gasteiger partial charge in [0.15, 0.2) is 0 Å². The molecule has 1 heterocycles. The lowest BCUT2D eigenvalue weighted by Crippen LogP contribution is -2.43. The number of alkyl halides is 3. The second kappa shape index (κ2) is 4.44. The Morgan fingerprint density at radius 1 is 1.28 bits per heavy atom. The zero-order valence-electron chi connectivity index (χ0n) is 9.61. The minimum absolute atomic E-state index is 0.343. The lowest BCUT2D eigenvalue weighted by Gasteiger charge is -2.27. The van der Waals surface area contributed by atoms with Crippen LogP contribution in [0.1, 0.15) is 12.0 Å². The summed E-state index contributed by atoms with van der Waals surface area (Å²) < 4.78 is 37.9. The van der Waals surface area contributed by atoms with Crippen LogP contribution in [-0.2, 0) is 4.79 Å². The number of hydrazone groups is 1. The first-order valence-corrected chi connectivity index (χ1v) is 5.39. The lowest BCUT2D eigenvalue weighted by atomic mass is 10.0. The van der Waals surface area contributed by atoms with E-state index < -0.39 is 24.4 Å². The summed E-state index contributed by atoms with van der Waals surface area (Å²) in [4.78, 5) is 11.7. The maximum atomic E-state index is 12.6. The Kier molecular flexibility index (Phi) is 3.11. The second-order valence-corrected chi connectivity index (χ2v) is 4.11. The van der Waals surface area contributed by atoms with Crippen molar-refractivity contribution < 1.29 is 18.0 Å². The van der Waals surface area contributed by atoms with Crippen LogP contribution in [0.2, 0.25) is 0 Å². The van der Waals surface area contributed by atoms with Gasteiger partial charge in [-0.1, -0.05) is 17.7 Å².